The minimum atomic E-state index is -4.57. The summed E-state index contributed by atoms with van der Waals surface area (Å²) in [6.45, 7) is 3.57. The van der Waals surface area contributed by atoms with Crippen molar-refractivity contribution >= 4 is 32.5 Å². The summed E-state index contributed by atoms with van der Waals surface area (Å²) in [5.41, 5.74) is -1.04. The van der Waals surface area contributed by atoms with Crippen molar-refractivity contribution in [3.63, 3.8) is 0 Å². The highest BCUT2D eigenvalue weighted by Crippen LogP contribution is 2.45. The fraction of sp³-hybridized carbons (Fsp3) is 0.231. The van der Waals surface area contributed by atoms with Crippen LogP contribution in [0.2, 0.25) is 0 Å². The maximum absolute atomic E-state index is 13.4. The standard InChI is InChI=1S/C26H21F6NO2S/c1-14(2)33-36(34)22-11-5-16-13-18(26(30,31)32)7-9-20(16)24(22)23-19-8-6-17(25(27,28)29)12-15(19)4-10-21(23)35-3/h4-14,33H,1-3H3. The van der Waals surface area contributed by atoms with Gasteiger partial charge in [-0.15, -0.1) is 0 Å². The lowest BCUT2D eigenvalue weighted by molar-refractivity contribution is -0.138. The zero-order valence-corrected chi connectivity index (χ0v) is 20.2. The molecule has 1 unspecified atom stereocenters. The molecule has 0 fully saturated rings. The first-order valence-corrected chi connectivity index (χ1v) is 12.0. The number of hydrogen-bond donors (Lipinski definition) is 1. The molecule has 0 aromatic heterocycles. The van der Waals surface area contributed by atoms with Crippen molar-refractivity contribution in [3.05, 3.63) is 71.8 Å². The lowest BCUT2D eigenvalue weighted by atomic mass is 9.91. The van der Waals surface area contributed by atoms with Gasteiger partial charge in [-0.05, 0) is 71.8 Å². The summed E-state index contributed by atoms with van der Waals surface area (Å²) in [5, 5.41) is 1.21. The van der Waals surface area contributed by atoms with Crippen molar-refractivity contribution in [2.75, 3.05) is 7.11 Å². The van der Waals surface area contributed by atoms with Gasteiger partial charge in [0, 0.05) is 17.2 Å². The van der Waals surface area contributed by atoms with Crippen molar-refractivity contribution in [2.45, 2.75) is 37.1 Å². The highest BCUT2D eigenvalue weighted by molar-refractivity contribution is 7.83. The Kier molecular flexibility index (Phi) is 6.78. The van der Waals surface area contributed by atoms with Crippen LogP contribution in [0.25, 0.3) is 32.7 Å². The zero-order valence-electron chi connectivity index (χ0n) is 19.3. The third kappa shape index (κ3) is 4.92. The lowest BCUT2D eigenvalue weighted by Crippen LogP contribution is -2.25. The molecule has 0 saturated heterocycles. The third-order valence-electron chi connectivity index (χ3n) is 5.63. The van der Waals surface area contributed by atoms with Gasteiger partial charge in [-0.3, -0.25) is 0 Å². The van der Waals surface area contributed by atoms with E-state index in [1.54, 1.807) is 13.8 Å². The van der Waals surface area contributed by atoms with Crippen molar-refractivity contribution in [1.82, 2.24) is 4.72 Å². The Bertz CT molecular complexity index is 1480. The van der Waals surface area contributed by atoms with E-state index in [1.165, 1.54) is 43.5 Å². The molecule has 0 radical (unpaired) electrons. The third-order valence-corrected chi connectivity index (χ3v) is 7.06. The van der Waals surface area contributed by atoms with E-state index in [0.717, 1.165) is 24.3 Å². The van der Waals surface area contributed by atoms with Crippen LogP contribution in [0.4, 0.5) is 26.3 Å². The van der Waals surface area contributed by atoms with Crippen molar-refractivity contribution < 1.29 is 35.3 Å². The molecule has 4 aromatic rings. The van der Waals surface area contributed by atoms with Gasteiger partial charge in [-0.1, -0.05) is 24.3 Å². The Morgan fingerprint density at radius 2 is 1.25 bits per heavy atom. The highest BCUT2D eigenvalue weighted by atomic mass is 32.2. The molecule has 0 spiro atoms. The molecule has 3 nitrogen and oxygen atoms in total. The van der Waals surface area contributed by atoms with Gasteiger partial charge in [0.15, 0.2) is 0 Å². The number of fused-ring (bicyclic) bond motifs is 2. The number of benzene rings is 4. The number of nitrogens with one attached hydrogen (secondary N) is 1. The van der Waals surface area contributed by atoms with Crippen LogP contribution in [0, 0.1) is 0 Å². The van der Waals surface area contributed by atoms with E-state index in [9.17, 15) is 30.6 Å². The van der Waals surface area contributed by atoms with E-state index in [4.69, 9.17) is 4.74 Å². The number of ether oxygens (including phenoxy) is 1. The Morgan fingerprint density at radius 1 is 0.750 bits per heavy atom. The summed E-state index contributed by atoms with van der Waals surface area (Å²) in [6.07, 6.45) is -9.13. The minimum absolute atomic E-state index is 0.189. The van der Waals surface area contributed by atoms with Crippen LogP contribution in [-0.4, -0.2) is 17.4 Å². The molecule has 1 N–H and O–H groups in total. The van der Waals surface area contributed by atoms with Crippen molar-refractivity contribution in [1.29, 1.82) is 0 Å². The van der Waals surface area contributed by atoms with Crippen LogP contribution in [0.1, 0.15) is 25.0 Å². The Balaban J connectivity index is 2.12. The smallest absolute Gasteiger partial charge is 0.416 e. The molecule has 0 saturated carbocycles. The average Bonchev–Trinajstić information content (AvgIpc) is 2.80. The fourth-order valence-corrected chi connectivity index (χ4v) is 5.23. The quantitative estimate of drug-likeness (QED) is 0.271. The van der Waals surface area contributed by atoms with Crippen LogP contribution in [0.5, 0.6) is 5.75 Å². The maximum Gasteiger partial charge on any atom is 0.416 e. The van der Waals surface area contributed by atoms with Gasteiger partial charge in [0.1, 0.15) is 16.7 Å². The predicted molar refractivity (Wildman–Crippen MR) is 128 cm³/mol. The van der Waals surface area contributed by atoms with E-state index in [-0.39, 0.29) is 27.5 Å². The Labute approximate surface area is 205 Å². The summed E-state index contributed by atoms with van der Waals surface area (Å²) >= 11 is 0. The first-order chi connectivity index (χ1) is 16.8. The monoisotopic (exact) mass is 525 g/mol. The molecule has 0 heterocycles. The zero-order chi connectivity index (χ0) is 26.4. The summed E-state index contributed by atoms with van der Waals surface area (Å²) < 4.78 is 102. The molecular weight excluding hydrogens is 504 g/mol. The molecule has 10 heteroatoms. The minimum Gasteiger partial charge on any atom is -0.496 e. The summed E-state index contributed by atoms with van der Waals surface area (Å²) in [5.74, 6) is 0.275. The van der Waals surface area contributed by atoms with Crippen molar-refractivity contribution in [2.24, 2.45) is 0 Å². The molecule has 0 amide bonds. The molecule has 0 aliphatic heterocycles. The van der Waals surface area contributed by atoms with Gasteiger partial charge in [0.05, 0.1) is 23.1 Å². The van der Waals surface area contributed by atoms with E-state index < -0.39 is 34.5 Å². The molecule has 36 heavy (non-hydrogen) atoms. The molecule has 0 aliphatic carbocycles. The molecule has 0 aliphatic rings. The first-order valence-electron chi connectivity index (χ1n) is 10.8. The van der Waals surface area contributed by atoms with Crippen LogP contribution in [0.15, 0.2) is 65.6 Å². The second-order valence-corrected chi connectivity index (χ2v) is 9.70. The van der Waals surface area contributed by atoms with Gasteiger partial charge >= 0.3 is 12.4 Å². The van der Waals surface area contributed by atoms with E-state index in [2.05, 4.69) is 4.72 Å². The first kappa shape index (κ1) is 26.0. The molecule has 1 atom stereocenters. The molecule has 190 valence electrons. The molecule has 0 bridgehead atoms. The van der Waals surface area contributed by atoms with Gasteiger partial charge in [0.25, 0.3) is 0 Å². The number of rotatable bonds is 5. The van der Waals surface area contributed by atoms with E-state index >= 15 is 0 Å². The highest BCUT2D eigenvalue weighted by Gasteiger charge is 2.32. The predicted octanol–water partition coefficient (Wildman–Crippen LogP) is 7.73. The average molecular weight is 526 g/mol. The molecular formula is C26H21F6NO2S. The van der Waals surface area contributed by atoms with Gasteiger partial charge in [0.2, 0.25) is 0 Å². The van der Waals surface area contributed by atoms with Gasteiger partial charge < -0.3 is 4.74 Å². The number of methoxy groups -OCH3 is 1. The SMILES string of the molecule is COc1ccc2cc(C(F)(F)F)ccc2c1-c1c(S(=O)NC(C)C)ccc2cc(C(F)(F)F)ccc12. The van der Waals surface area contributed by atoms with Gasteiger partial charge in [-0.25, -0.2) is 8.93 Å². The number of halogens is 6. The van der Waals surface area contributed by atoms with Crippen LogP contribution in [-0.2, 0) is 23.3 Å². The van der Waals surface area contributed by atoms with E-state index in [0.29, 0.717) is 21.9 Å². The maximum atomic E-state index is 13.4. The molecule has 4 aromatic carbocycles. The second kappa shape index (κ2) is 9.40. The van der Waals surface area contributed by atoms with Crippen LogP contribution in [0.3, 0.4) is 0 Å². The second-order valence-electron chi connectivity index (χ2n) is 8.49. The van der Waals surface area contributed by atoms with Crippen LogP contribution >= 0.6 is 0 Å². The van der Waals surface area contributed by atoms with Crippen molar-refractivity contribution in [3.8, 4) is 16.9 Å². The Hall–Kier alpha value is -3.11. The Morgan fingerprint density at radius 3 is 1.72 bits per heavy atom. The van der Waals surface area contributed by atoms with Gasteiger partial charge in [-0.2, -0.15) is 26.3 Å². The number of alkyl halides is 6. The summed E-state index contributed by atoms with van der Waals surface area (Å²) in [6, 6.07) is 12.1. The lowest BCUT2D eigenvalue weighted by Gasteiger charge is -2.20. The summed E-state index contributed by atoms with van der Waals surface area (Å²) in [4.78, 5) is 0.265. The molecule has 4 rings (SSSR count). The summed E-state index contributed by atoms with van der Waals surface area (Å²) in [7, 11) is -0.404. The topological polar surface area (TPSA) is 38.3 Å². The number of hydrogen-bond acceptors (Lipinski definition) is 2. The van der Waals surface area contributed by atoms with Crippen LogP contribution < -0.4 is 9.46 Å². The van der Waals surface area contributed by atoms with E-state index in [1.807, 2.05) is 0 Å². The fourth-order valence-electron chi connectivity index (χ4n) is 4.09. The largest absolute Gasteiger partial charge is 0.496 e. The normalized spacial score (nSPS) is 13.5.